The lowest BCUT2D eigenvalue weighted by molar-refractivity contribution is 0.504. The quantitative estimate of drug-likeness (QED) is 0.912. The van der Waals surface area contributed by atoms with Crippen molar-refractivity contribution in [3.05, 3.63) is 54.1 Å². The predicted octanol–water partition coefficient (Wildman–Crippen LogP) is 3.76. The maximum absolute atomic E-state index is 13.3. The molecule has 2 aromatic carbocycles. The van der Waals surface area contributed by atoms with Crippen molar-refractivity contribution in [2.45, 2.75) is 24.2 Å². The van der Waals surface area contributed by atoms with E-state index >= 15 is 0 Å². The molecule has 2 aromatic rings. The first-order valence-corrected chi connectivity index (χ1v) is 9.27. The largest absolute Gasteiger partial charge is 0.370 e. The molecule has 1 aliphatic heterocycles. The molecule has 0 aromatic heterocycles. The number of hydrogen-bond donors (Lipinski definition) is 1. The molecule has 4 nitrogen and oxygen atoms in total. The van der Waals surface area contributed by atoms with Gasteiger partial charge in [-0.05, 0) is 49.6 Å². The monoisotopic (exact) mass is 352 g/mol. The molecule has 7 heteroatoms. The van der Waals surface area contributed by atoms with E-state index in [1.807, 2.05) is 12.1 Å². The normalized spacial score (nSPS) is 15.3. The standard InChI is InChI=1S/C17H18F2N2O2S/c18-14-9-8-13(12-15(14)19)24(22,23)20-16-6-2-3-7-17(16)21-10-4-1-5-11-21/h2-3,6-9,12,20H,1,4-5,10-11H2. The number of halogens is 2. The number of piperidine rings is 1. The van der Waals surface area contributed by atoms with Gasteiger partial charge in [-0.15, -0.1) is 0 Å². The molecule has 1 fully saturated rings. The van der Waals surface area contributed by atoms with Crippen LogP contribution in [0, 0.1) is 11.6 Å². The zero-order chi connectivity index (χ0) is 17.2. The van der Waals surface area contributed by atoms with Gasteiger partial charge in [0.2, 0.25) is 0 Å². The van der Waals surface area contributed by atoms with Gasteiger partial charge in [-0.25, -0.2) is 17.2 Å². The summed E-state index contributed by atoms with van der Waals surface area (Å²) in [6.45, 7) is 1.73. The van der Waals surface area contributed by atoms with E-state index in [0.29, 0.717) is 11.8 Å². The van der Waals surface area contributed by atoms with E-state index in [0.717, 1.165) is 43.8 Å². The first kappa shape index (κ1) is 16.7. The van der Waals surface area contributed by atoms with E-state index in [1.165, 1.54) is 6.42 Å². The molecule has 1 heterocycles. The van der Waals surface area contributed by atoms with Crippen LogP contribution < -0.4 is 9.62 Å². The topological polar surface area (TPSA) is 49.4 Å². The molecule has 24 heavy (non-hydrogen) atoms. The summed E-state index contributed by atoms with van der Waals surface area (Å²) in [5.41, 5.74) is 1.23. The number of rotatable bonds is 4. The number of anilines is 2. The average Bonchev–Trinajstić information content (AvgIpc) is 2.58. The molecule has 0 saturated carbocycles. The number of nitrogens with one attached hydrogen (secondary N) is 1. The third-order valence-corrected chi connectivity index (χ3v) is 5.41. The fourth-order valence-corrected chi connectivity index (χ4v) is 3.90. The van der Waals surface area contributed by atoms with Crippen molar-refractivity contribution in [1.29, 1.82) is 0 Å². The first-order chi connectivity index (χ1) is 11.5. The molecular weight excluding hydrogens is 334 g/mol. The second kappa shape index (κ2) is 6.76. The van der Waals surface area contributed by atoms with Gasteiger partial charge in [0, 0.05) is 13.1 Å². The lowest BCUT2D eigenvalue weighted by Crippen LogP contribution is -2.30. The minimum atomic E-state index is -4.00. The van der Waals surface area contributed by atoms with E-state index in [9.17, 15) is 17.2 Å². The van der Waals surface area contributed by atoms with Crippen LogP contribution in [0.5, 0.6) is 0 Å². The second-order valence-electron chi connectivity index (χ2n) is 5.75. The Bertz CT molecular complexity index is 834. The van der Waals surface area contributed by atoms with Crippen LogP contribution >= 0.6 is 0 Å². The third-order valence-electron chi connectivity index (χ3n) is 4.05. The van der Waals surface area contributed by atoms with E-state index in [-0.39, 0.29) is 4.90 Å². The molecule has 0 amide bonds. The summed E-state index contributed by atoms with van der Waals surface area (Å²) in [5, 5.41) is 0. The van der Waals surface area contributed by atoms with Crippen LogP contribution in [0.3, 0.4) is 0 Å². The van der Waals surface area contributed by atoms with Crippen LogP contribution in [0.25, 0.3) is 0 Å². The molecular formula is C17H18F2N2O2S. The lowest BCUT2D eigenvalue weighted by Gasteiger charge is -2.30. The zero-order valence-corrected chi connectivity index (χ0v) is 13.8. The molecule has 0 aliphatic carbocycles. The van der Waals surface area contributed by atoms with Crippen molar-refractivity contribution in [2.75, 3.05) is 22.7 Å². The van der Waals surface area contributed by atoms with Crippen molar-refractivity contribution in [3.63, 3.8) is 0 Å². The SMILES string of the molecule is O=S(=O)(Nc1ccccc1N1CCCCC1)c1ccc(F)c(F)c1. The highest BCUT2D eigenvalue weighted by molar-refractivity contribution is 7.92. The summed E-state index contributed by atoms with van der Waals surface area (Å²) in [5.74, 6) is -2.27. The fourth-order valence-electron chi connectivity index (χ4n) is 2.82. The van der Waals surface area contributed by atoms with Gasteiger partial charge in [-0.2, -0.15) is 0 Å². The molecule has 0 bridgehead atoms. The Morgan fingerprint density at radius 3 is 2.33 bits per heavy atom. The Morgan fingerprint density at radius 2 is 1.62 bits per heavy atom. The van der Waals surface area contributed by atoms with Gasteiger partial charge in [0.15, 0.2) is 11.6 Å². The van der Waals surface area contributed by atoms with E-state index in [1.54, 1.807) is 12.1 Å². The average molecular weight is 352 g/mol. The summed E-state index contributed by atoms with van der Waals surface area (Å²) in [4.78, 5) is 1.82. The molecule has 1 N–H and O–H groups in total. The number of sulfonamides is 1. The molecule has 128 valence electrons. The van der Waals surface area contributed by atoms with Crippen LogP contribution in [0.15, 0.2) is 47.4 Å². The summed E-state index contributed by atoms with van der Waals surface area (Å²) in [6.07, 6.45) is 3.29. The Balaban J connectivity index is 1.91. The van der Waals surface area contributed by atoms with Crippen molar-refractivity contribution < 1.29 is 17.2 Å². The van der Waals surface area contributed by atoms with Gasteiger partial charge in [-0.3, -0.25) is 4.72 Å². The Labute approximate surface area is 140 Å². The molecule has 0 radical (unpaired) electrons. The smallest absolute Gasteiger partial charge is 0.262 e. The molecule has 0 unspecified atom stereocenters. The van der Waals surface area contributed by atoms with Gasteiger partial charge in [0.05, 0.1) is 16.3 Å². The van der Waals surface area contributed by atoms with Gasteiger partial charge >= 0.3 is 0 Å². The number of para-hydroxylation sites is 2. The summed E-state index contributed by atoms with van der Waals surface area (Å²) in [7, 11) is -4.00. The highest BCUT2D eigenvalue weighted by Gasteiger charge is 2.20. The van der Waals surface area contributed by atoms with Gasteiger partial charge < -0.3 is 4.90 Å². The van der Waals surface area contributed by atoms with Crippen LogP contribution in [-0.2, 0) is 10.0 Å². The van der Waals surface area contributed by atoms with Crippen molar-refractivity contribution >= 4 is 21.4 Å². The Morgan fingerprint density at radius 1 is 0.917 bits per heavy atom. The molecule has 0 atom stereocenters. The van der Waals surface area contributed by atoms with Crippen LogP contribution in [0.2, 0.25) is 0 Å². The van der Waals surface area contributed by atoms with Crippen LogP contribution in [0.4, 0.5) is 20.2 Å². The number of nitrogens with zero attached hydrogens (tertiary/aromatic N) is 1. The fraction of sp³-hybridized carbons (Fsp3) is 0.294. The van der Waals surface area contributed by atoms with Gasteiger partial charge in [-0.1, -0.05) is 12.1 Å². The summed E-state index contributed by atoms with van der Waals surface area (Å²) >= 11 is 0. The first-order valence-electron chi connectivity index (χ1n) is 7.79. The van der Waals surface area contributed by atoms with Crippen LogP contribution in [-0.4, -0.2) is 21.5 Å². The third kappa shape index (κ3) is 3.51. The van der Waals surface area contributed by atoms with E-state index < -0.39 is 21.7 Å². The lowest BCUT2D eigenvalue weighted by atomic mass is 10.1. The zero-order valence-electron chi connectivity index (χ0n) is 13.0. The van der Waals surface area contributed by atoms with E-state index in [4.69, 9.17) is 0 Å². The Hall–Kier alpha value is -2.15. The van der Waals surface area contributed by atoms with E-state index in [2.05, 4.69) is 9.62 Å². The minimum Gasteiger partial charge on any atom is -0.370 e. The van der Waals surface area contributed by atoms with Gasteiger partial charge in [0.1, 0.15) is 0 Å². The highest BCUT2D eigenvalue weighted by Crippen LogP contribution is 2.30. The van der Waals surface area contributed by atoms with Crippen molar-refractivity contribution in [3.8, 4) is 0 Å². The Kier molecular flexibility index (Phi) is 4.71. The molecule has 3 rings (SSSR count). The number of benzene rings is 2. The van der Waals surface area contributed by atoms with Crippen molar-refractivity contribution in [1.82, 2.24) is 0 Å². The van der Waals surface area contributed by atoms with Gasteiger partial charge in [0.25, 0.3) is 10.0 Å². The second-order valence-corrected chi connectivity index (χ2v) is 7.43. The predicted molar refractivity (Wildman–Crippen MR) is 89.7 cm³/mol. The molecule has 1 aliphatic rings. The van der Waals surface area contributed by atoms with Crippen LogP contribution in [0.1, 0.15) is 19.3 Å². The molecule has 0 spiro atoms. The highest BCUT2D eigenvalue weighted by atomic mass is 32.2. The summed E-state index contributed by atoms with van der Waals surface area (Å²) in [6, 6.07) is 9.64. The van der Waals surface area contributed by atoms with Crippen molar-refractivity contribution in [2.24, 2.45) is 0 Å². The molecule has 1 saturated heterocycles. The number of hydrogen-bond acceptors (Lipinski definition) is 3. The maximum Gasteiger partial charge on any atom is 0.262 e. The minimum absolute atomic E-state index is 0.310. The summed E-state index contributed by atoms with van der Waals surface area (Å²) < 4.78 is 53.8. The maximum atomic E-state index is 13.3.